The van der Waals surface area contributed by atoms with Gasteiger partial charge in [0.25, 0.3) is 5.91 Å². The summed E-state index contributed by atoms with van der Waals surface area (Å²) in [5, 5.41) is 2.42. The van der Waals surface area contributed by atoms with Crippen molar-refractivity contribution < 1.29 is 9.59 Å². The molecule has 0 aliphatic rings. The Labute approximate surface area is 69.6 Å². The largest absolute Gasteiger partial charge is 0.354 e. The summed E-state index contributed by atoms with van der Waals surface area (Å²) in [5.74, 6) is -0.293. The molecule has 4 nitrogen and oxygen atoms in total. The van der Waals surface area contributed by atoms with E-state index in [1.807, 2.05) is 0 Å². The summed E-state index contributed by atoms with van der Waals surface area (Å²) in [6.07, 6.45) is 0.604. The number of aldehydes is 1. The fourth-order valence-electron chi connectivity index (χ4n) is 0.772. The molecule has 0 aromatic carbocycles. The van der Waals surface area contributed by atoms with E-state index in [2.05, 4.69) is 10.3 Å². The number of pyridine rings is 1. The Morgan fingerprint density at radius 2 is 2.33 bits per heavy atom. The van der Waals surface area contributed by atoms with Crippen molar-refractivity contribution in [3.05, 3.63) is 29.6 Å². The molecular formula is C8H8N2O2. The second-order valence-corrected chi connectivity index (χ2v) is 2.14. The van der Waals surface area contributed by atoms with Gasteiger partial charge in [-0.05, 0) is 12.1 Å². The minimum Gasteiger partial charge on any atom is -0.354 e. The van der Waals surface area contributed by atoms with E-state index >= 15 is 0 Å². The third-order valence-electron chi connectivity index (χ3n) is 1.35. The molecule has 0 aliphatic carbocycles. The topological polar surface area (TPSA) is 59.1 Å². The van der Waals surface area contributed by atoms with Gasteiger partial charge in [0.05, 0.1) is 0 Å². The summed E-state index contributed by atoms with van der Waals surface area (Å²) in [7, 11) is 1.51. The van der Waals surface area contributed by atoms with Gasteiger partial charge in [0.2, 0.25) is 0 Å². The number of amides is 1. The average molecular weight is 164 g/mol. The van der Waals surface area contributed by atoms with Crippen LogP contribution in [0.1, 0.15) is 21.0 Å². The van der Waals surface area contributed by atoms with Crippen LogP contribution in [0, 0.1) is 0 Å². The lowest BCUT2D eigenvalue weighted by molar-refractivity contribution is 0.0958. The Hall–Kier alpha value is -1.71. The lowest BCUT2D eigenvalue weighted by Gasteiger charge is -1.97. The van der Waals surface area contributed by atoms with Gasteiger partial charge in [-0.2, -0.15) is 0 Å². The molecule has 0 bridgehead atoms. The van der Waals surface area contributed by atoms with E-state index in [1.165, 1.54) is 7.05 Å². The predicted molar refractivity (Wildman–Crippen MR) is 43.0 cm³/mol. The summed E-state index contributed by atoms with van der Waals surface area (Å²) in [5.41, 5.74) is 0.512. The molecule has 1 aromatic rings. The zero-order chi connectivity index (χ0) is 8.97. The SMILES string of the molecule is CNC(=O)c1cccc(C=O)n1. The molecule has 12 heavy (non-hydrogen) atoms. The molecule has 0 radical (unpaired) electrons. The number of nitrogens with one attached hydrogen (secondary N) is 1. The van der Waals surface area contributed by atoms with E-state index in [-0.39, 0.29) is 17.3 Å². The standard InChI is InChI=1S/C8H8N2O2/c1-9-8(12)7-4-2-3-6(5-11)10-7/h2-5H,1H3,(H,9,12). The van der Waals surface area contributed by atoms with Crippen LogP contribution >= 0.6 is 0 Å². The quantitative estimate of drug-likeness (QED) is 0.637. The first-order chi connectivity index (χ1) is 5.77. The first kappa shape index (κ1) is 8.39. The van der Waals surface area contributed by atoms with Crippen molar-refractivity contribution in [1.29, 1.82) is 0 Å². The first-order valence-electron chi connectivity index (χ1n) is 3.42. The molecule has 0 saturated carbocycles. The van der Waals surface area contributed by atoms with Crippen molar-refractivity contribution >= 4 is 12.2 Å². The summed E-state index contributed by atoms with van der Waals surface area (Å²) in [6.45, 7) is 0. The number of aromatic nitrogens is 1. The predicted octanol–water partition coefficient (Wildman–Crippen LogP) is 0.254. The summed E-state index contributed by atoms with van der Waals surface area (Å²) in [4.78, 5) is 25.0. The van der Waals surface area contributed by atoms with Gasteiger partial charge in [0, 0.05) is 7.05 Å². The van der Waals surface area contributed by atoms with E-state index < -0.39 is 0 Å². The summed E-state index contributed by atoms with van der Waals surface area (Å²) in [6, 6.07) is 4.70. The number of carbonyl (C=O) groups excluding carboxylic acids is 2. The van der Waals surface area contributed by atoms with Crippen LogP contribution in [0.5, 0.6) is 0 Å². The molecule has 0 fully saturated rings. The summed E-state index contributed by atoms with van der Waals surface area (Å²) < 4.78 is 0. The average Bonchev–Trinajstić information content (AvgIpc) is 2.17. The number of carbonyl (C=O) groups is 2. The second-order valence-electron chi connectivity index (χ2n) is 2.14. The van der Waals surface area contributed by atoms with Crippen LogP contribution in [0.25, 0.3) is 0 Å². The maximum atomic E-state index is 11.0. The second kappa shape index (κ2) is 3.61. The van der Waals surface area contributed by atoms with Crippen molar-refractivity contribution in [3.63, 3.8) is 0 Å². The van der Waals surface area contributed by atoms with E-state index in [4.69, 9.17) is 0 Å². The van der Waals surface area contributed by atoms with Gasteiger partial charge in [-0.15, -0.1) is 0 Å². The molecular weight excluding hydrogens is 156 g/mol. The van der Waals surface area contributed by atoms with Gasteiger partial charge in [-0.3, -0.25) is 9.59 Å². The molecule has 0 atom stereocenters. The Balaban J connectivity index is 3.01. The van der Waals surface area contributed by atoms with Gasteiger partial charge in [-0.1, -0.05) is 6.07 Å². The van der Waals surface area contributed by atoms with E-state index in [9.17, 15) is 9.59 Å². The Morgan fingerprint density at radius 1 is 1.58 bits per heavy atom. The Bertz CT molecular complexity index is 310. The van der Waals surface area contributed by atoms with Crippen molar-refractivity contribution in [2.45, 2.75) is 0 Å². The molecule has 1 heterocycles. The van der Waals surface area contributed by atoms with Crippen LogP contribution < -0.4 is 5.32 Å². The van der Waals surface area contributed by atoms with Crippen LogP contribution in [0.3, 0.4) is 0 Å². The molecule has 1 N–H and O–H groups in total. The number of hydrogen-bond donors (Lipinski definition) is 1. The maximum absolute atomic E-state index is 11.0. The lowest BCUT2D eigenvalue weighted by Crippen LogP contribution is -2.19. The smallest absolute Gasteiger partial charge is 0.269 e. The van der Waals surface area contributed by atoms with Gasteiger partial charge < -0.3 is 5.32 Å². The number of hydrogen-bond acceptors (Lipinski definition) is 3. The third kappa shape index (κ3) is 1.66. The zero-order valence-corrected chi connectivity index (χ0v) is 6.57. The van der Waals surface area contributed by atoms with Crippen LogP contribution in [-0.2, 0) is 0 Å². The molecule has 62 valence electrons. The highest BCUT2D eigenvalue weighted by Crippen LogP contribution is 1.96. The minimum atomic E-state index is -0.293. The molecule has 0 saturated heterocycles. The molecule has 0 spiro atoms. The van der Waals surface area contributed by atoms with Crippen LogP contribution in [-0.4, -0.2) is 24.2 Å². The van der Waals surface area contributed by atoms with E-state index in [1.54, 1.807) is 18.2 Å². The van der Waals surface area contributed by atoms with Crippen molar-refractivity contribution in [1.82, 2.24) is 10.3 Å². The van der Waals surface area contributed by atoms with Crippen molar-refractivity contribution in [2.75, 3.05) is 7.05 Å². The fourth-order valence-corrected chi connectivity index (χ4v) is 0.772. The van der Waals surface area contributed by atoms with Crippen LogP contribution in [0.4, 0.5) is 0 Å². The number of rotatable bonds is 2. The zero-order valence-electron chi connectivity index (χ0n) is 6.57. The normalized spacial score (nSPS) is 9.08. The van der Waals surface area contributed by atoms with E-state index in [0.29, 0.717) is 6.29 Å². The maximum Gasteiger partial charge on any atom is 0.269 e. The molecule has 0 unspecified atom stereocenters. The molecule has 0 aliphatic heterocycles. The van der Waals surface area contributed by atoms with Gasteiger partial charge in [-0.25, -0.2) is 4.98 Å². The third-order valence-corrected chi connectivity index (χ3v) is 1.35. The van der Waals surface area contributed by atoms with Crippen molar-refractivity contribution in [3.8, 4) is 0 Å². The van der Waals surface area contributed by atoms with Gasteiger partial charge in [0.15, 0.2) is 6.29 Å². The highest BCUT2D eigenvalue weighted by molar-refractivity contribution is 5.92. The highest BCUT2D eigenvalue weighted by atomic mass is 16.1. The van der Waals surface area contributed by atoms with Crippen molar-refractivity contribution in [2.24, 2.45) is 0 Å². The monoisotopic (exact) mass is 164 g/mol. The van der Waals surface area contributed by atoms with Gasteiger partial charge >= 0.3 is 0 Å². The lowest BCUT2D eigenvalue weighted by atomic mass is 10.3. The fraction of sp³-hybridized carbons (Fsp3) is 0.125. The van der Waals surface area contributed by atoms with E-state index in [0.717, 1.165) is 0 Å². The van der Waals surface area contributed by atoms with Gasteiger partial charge in [0.1, 0.15) is 11.4 Å². The Morgan fingerprint density at radius 3 is 2.92 bits per heavy atom. The minimum absolute atomic E-state index is 0.252. The first-order valence-corrected chi connectivity index (χ1v) is 3.42. The molecule has 1 amide bonds. The Kier molecular flexibility index (Phi) is 2.53. The number of nitrogens with zero attached hydrogens (tertiary/aromatic N) is 1. The molecule has 1 rings (SSSR count). The summed E-state index contributed by atoms with van der Waals surface area (Å²) >= 11 is 0. The highest BCUT2D eigenvalue weighted by Gasteiger charge is 2.03. The molecule has 4 heteroatoms. The van der Waals surface area contributed by atoms with Crippen LogP contribution in [0.15, 0.2) is 18.2 Å². The molecule has 1 aromatic heterocycles. The van der Waals surface area contributed by atoms with Crippen LogP contribution in [0.2, 0.25) is 0 Å².